The molecule has 1 saturated heterocycles. The Morgan fingerprint density at radius 2 is 2.24 bits per heavy atom. The topological polar surface area (TPSA) is 44.7 Å². The van der Waals surface area contributed by atoms with Gasteiger partial charge in [-0.3, -0.25) is 4.90 Å². The van der Waals surface area contributed by atoms with Gasteiger partial charge in [0.25, 0.3) is 0 Å². The molecule has 1 rings (SSSR count). The smallest absolute Gasteiger partial charge is 0.0900 e. The van der Waals surface area contributed by atoms with Crippen LogP contribution in [0.5, 0.6) is 0 Å². The van der Waals surface area contributed by atoms with Gasteiger partial charge in [0, 0.05) is 19.1 Å². The van der Waals surface area contributed by atoms with E-state index in [2.05, 4.69) is 17.1 Å². The van der Waals surface area contributed by atoms with Crippen LogP contribution in [0.4, 0.5) is 0 Å². The summed E-state index contributed by atoms with van der Waals surface area (Å²) in [4.78, 5) is 2.36. The monoisotopic (exact) mass is 244 g/mol. The highest BCUT2D eigenvalue weighted by Crippen LogP contribution is 2.10. The number of nitrogens with one attached hydrogen (secondary N) is 1. The van der Waals surface area contributed by atoms with Crippen molar-refractivity contribution in [2.75, 3.05) is 32.8 Å². The van der Waals surface area contributed by atoms with Crippen molar-refractivity contribution >= 4 is 0 Å². The molecule has 0 aliphatic carbocycles. The maximum Gasteiger partial charge on any atom is 0.0900 e. The van der Waals surface area contributed by atoms with Gasteiger partial charge in [-0.05, 0) is 39.8 Å². The summed E-state index contributed by atoms with van der Waals surface area (Å²) in [5.41, 5.74) is 0. The zero-order valence-corrected chi connectivity index (χ0v) is 11.5. The number of hydrogen-bond donors (Lipinski definition) is 2. The quantitative estimate of drug-likeness (QED) is 0.697. The van der Waals surface area contributed by atoms with Gasteiger partial charge in [0.15, 0.2) is 0 Å². The van der Waals surface area contributed by atoms with Gasteiger partial charge in [0.05, 0.1) is 18.8 Å². The van der Waals surface area contributed by atoms with Crippen LogP contribution < -0.4 is 5.32 Å². The minimum absolute atomic E-state index is 0.191. The van der Waals surface area contributed by atoms with E-state index in [0.29, 0.717) is 12.6 Å². The van der Waals surface area contributed by atoms with Crippen LogP contribution in [0.2, 0.25) is 0 Å². The lowest BCUT2D eigenvalue weighted by molar-refractivity contribution is -0.0149. The third kappa shape index (κ3) is 5.82. The maximum atomic E-state index is 9.94. The van der Waals surface area contributed by atoms with Crippen LogP contribution in [0, 0.1) is 0 Å². The fourth-order valence-electron chi connectivity index (χ4n) is 2.31. The zero-order chi connectivity index (χ0) is 12.7. The van der Waals surface area contributed by atoms with Crippen molar-refractivity contribution in [3.8, 4) is 0 Å². The molecule has 0 radical (unpaired) electrons. The van der Waals surface area contributed by atoms with E-state index in [-0.39, 0.29) is 12.2 Å². The van der Waals surface area contributed by atoms with Gasteiger partial charge in [-0.25, -0.2) is 0 Å². The zero-order valence-electron chi connectivity index (χ0n) is 11.5. The third-order valence-electron chi connectivity index (χ3n) is 3.26. The molecule has 0 aromatic heterocycles. The number of aliphatic hydroxyl groups is 1. The summed E-state index contributed by atoms with van der Waals surface area (Å²) in [6, 6.07) is 0.572. The number of rotatable bonds is 7. The van der Waals surface area contributed by atoms with Gasteiger partial charge in [-0.1, -0.05) is 6.92 Å². The van der Waals surface area contributed by atoms with Crippen molar-refractivity contribution < 1.29 is 9.84 Å². The van der Waals surface area contributed by atoms with E-state index in [4.69, 9.17) is 4.74 Å². The van der Waals surface area contributed by atoms with Crippen molar-refractivity contribution in [1.29, 1.82) is 0 Å². The highest BCUT2D eigenvalue weighted by molar-refractivity contribution is 4.79. The average Bonchev–Trinajstić information content (AvgIpc) is 2.34. The predicted molar refractivity (Wildman–Crippen MR) is 70.2 cm³/mol. The Labute approximate surface area is 105 Å². The molecule has 0 amide bonds. The van der Waals surface area contributed by atoms with Crippen molar-refractivity contribution in [3.63, 3.8) is 0 Å². The summed E-state index contributed by atoms with van der Waals surface area (Å²) in [6.45, 7) is 10.5. The minimum Gasteiger partial charge on any atom is -0.389 e. The Morgan fingerprint density at radius 1 is 1.47 bits per heavy atom. The van der Waals surface area contributed by atoms with Gasteiger partial charge in [-0.15, -0.1) is 0 Å². The molecule has 0 aromatic carbocycles. The molecule has 1 aliphatic heterocycles. The maximum absolute atomic E-state index is 9.94. The first kappa shape index (κ1) is 14.9. The fourth-order valence-corrected chi connectivity index (χ4v) is 2.31. The number of hydrogen-bond acceptors (Lipinski definition) is 4. The number of ether oxygens (including phenoxy) is 1. The van der Waals surface area contributed by atoms with Crippen LogP contribution in [0.25, 0.3) is 0 Å². The second kappa shape index (κ2) is 8.03. The number of nitrogens with zero attached hydrogens (tertiary/aromatic N) is 1. The summed E-state index contributed by atoms with van der Waals surface area (Å²) in [6.07, 6.45) is 2.29. The molecule has 4 heteroatoms. The van der Waals surface area contributed by atoms with E-state index < -0.39 is 0 Å². The second-order valence-corrected chi connectivity index (χ2v) is 5.12. The molecule has 2 N–H and O–H groups in total. The van der Waals surface area contributed by atoms with Crippen LogP contribution >= 0.6 is 0 Å². The molecule has 2 unspecified atom stereocenters. The first-order chi connectivity index (χ1) is 8.13. The van der Waals surface area contributed by atoms with Gasteiger partial charge >= 0.3 is 0 Å². The molecule has 102 valence electrons. The van der Waals surface area contributed by atoms with Crippen LogP contribution in [0.15, 0.2) is 0 Å². The van der Waals surface area contributed by atoms with E-state index in [0.717, 1.165) is 26.2 Å². The fraction of sp³-hybridized carbons (Fsp3) is 1.00. The SMILES string of the molecule is CCN(CC(O)COC(C)C)C1CCCNC1. The highest BCUT2D eigenvalue weighted by Gasteiger charge is 2.21. The molecule has 1 aliphatic rings. The Bertz CT molecular complexity index is 194. The second-order valence-electron chi connectivity index (χ2n) is 5.12. The summed E-state index contributed by atoms with van der Waals surface area (Å²) in [5.74, 6) is 0. The number of aliphatic hydroxyl groups excluding tert-OH is 1. The van der Waals surface area contributed by atoms with Gasteiger partial charge < -0.3 is 15.2 Å². The first-order valence-electron chi connectivity index (χ1n) is 6.88. The normalized spacial score (nSPS) is 23.3. The first-order valence-corrected chi connectivity index (χ1v) is 6.88. The lowest BCUT2D eigenvalue weighted by Crippen LogP contribution is -2.49. The Morgan fingerprint density at radius 3 is 2.76 bits per heavy atom. The molecule has 1 heterocycles. The number of piperidine rings is 1. The standard InChI is InChI=1S/C13H28N2O2/c1-4-15(12-6-5-7-14-8-12)9-13(16)10-17-11(2)3/h11-14,16H,4-10H2,1-3H3. The molecule has 0 spiro atoms. The highest BCUT2D eigenvalue weighted by atomic mass is 16.5. The van der Waals surface area contributed by atoms with E-state index in [1.807, 2.05) is 13.8 Å². The van der Waals surface area contributed by atoms with Crippen LogP contribution in [-0.4, -0.2) is 61.0 Å². The Balaban J connectivity index is 2.29. The lowest BCUT2D eigenvalue weighted by Gasteiger charge is -2.35. The summed E-state index contributed by atoms with van der Waals surface area (Å²) in [5, 5.41) is 13.4. The van der Waals surface area contributed by atoms with E-state index in [1.54, 1.807) is 0 Å². The van der Waals surface area contributed by atoms with Gasteiger partial charge in [-0.2, -0.15) is 0 Å². The van der Waals surface area contributed by atoms with Crippen molar-refractivity contribution in [2.45, 2.75) is 51.9 Å². The van der Waals surface area contributed by atoms with Crippen LogP contribution in [0.1, 0.15) is 33.6 Å². The summed E-state index contributed by atoms with van der Waals surface area (Å²) >= 11 is 0. The van der Waals surface area contributed by atoms with Crippen molar-refractivity contribution in [2.24, 2.45) is 0 Å². The van der Waals surface area contributed by atoms with Crippen LogP contribution in [-0.2, 0) is 4.74 Å². The largest absolute Gasteiger partial charge is 0.389 e. The molecular formula is C13H28N2O2. The lowest BCUT2D eigenvalue weighted by atomic mass is 10.1. The third-order valence-corrected chi connectivity index (χ3v) is 3.26. The molecule has 17 heavy (non-hydrogen) atoms. The van der Waals surface area contributed by atoms with Gasteiger partial charge in [0.2, 0.25) is 0 Å². The molecule has 0 bridgehead atoms. The summed E-state index contributed by atoms with van der Waals surface area (Å²) in [7, 11) is 0. The molecule has 4 nitrogen and oxygen atoms in total. The Kier molecular flexibility index (Phi) is 7.04. The van der Waals surface area contributed by atoms with E-state index >= 15 is 0 Å². The van der Waals surface area contributed by atoms with Crippen molar-refractivity contribution in [3.05, 3.63) is 0 Å². The Hall–Kier alpha value is -0.160. The van der Waals surface area contributed by atoms with Crippen molar-refractivity contribution in [1.82, 2.24) is 10.2 Å². The van der Waals surface area contributed by atoms with Crippen LogP contribution in [0.3, 0.4) is 0 Å². The predicted octanol–water partition coefficient (Wildman–Crippen LogP) is 0.846. The summed E-state index contributed by atoms with van der Waals surface area (Å²) < 4.78 is 5.44. The molecule has 0 aromatic rings. The molecular weight excluding hydrogens is 216 g/mol. The van der Waals surface area contributed by atoms with E-state index in [9.17, 15) is 5.11 Å². The average molecular weight is 244 g/mol. The van der Waals surface area contributed by atoms with E-state index in [1.165, 1.54) is 12.8 Å². The van der Waals surface area contributed by atoms with Gasteiger partial charge in [0.1, 0.15) is 0 Å². The molecule has 0 saturated carbocycles. The minimum atomic E-state index is -0.376. The molecule has 1 fully saturated rings. The number of likely N-dealkylation sites (N-methyl/N-ethyl adjacent to an activating group) is 1. The molecule has 2 atom stereocenters.